The van der Waals surface area contributed by atoms with E-state index in [2.05, 4.69) is 0 Å². The van der Waals surface area contributed by atoms with Crippen molar-refractivity contribution in [3.8, 4) is 0 Å². The Balaban J connectivity index is 2.67. The van der Waals surface area contributed by atoms with Crippen molar-refractivity contribution in [2.45, 2.75) is 69.7 Å². The second kappa shape index (κ2) is 6.58. The molecule has 18 heavy (non-hydrogen) atoms. The summed E-state index contributed by atoms with van der Waals surface area (Å²) >= 11 is 0. The van der Waals surface area contributed by atoms with Crippen LogP contribution in [0.4, 0.5) is 0 Å². The van der Waals surface area contributed by atoms with Gasteiger partial charge in [0.25, 0.3) is 0 Å². The summed E-state index contributed by atoms with van der Waals surface area (Å²) in [4.78, 5) is 11.7. The minimum absolute atomic E-state index is 0.206. The number of ether oxygens (including phenoxy) is 1. The van der Waals surface area contributed by atoms with Gasteiger partial charge >= 0.3 is 0 Å². The summed E-state index contributed by atoms with van der Waals surface area (Å²) in [5.74, 6) is -0.420. The molecular formula is C12H22O6. The van der Waals surface area contributed by atoms with E-state index < -0.39 is 42.4 Å². The molecule has 1 fully saturated rings. The van der Waals surface area contributed by atoms with Crippen molar-refractivity contribution in [3.05, 3.63) is 0 Å². The molecule has 0 radical (unpaired) electrons. The van der Waals surface area contributed by atoms with Crippen LogP contribution in [0.1, 0.15) is 33.1 Å². The Hall–Kier alpha value is -0.530. The highest BCUT2D eigenvalue weighted by Crippen LogP contribution is 2.24. The Bertz CT molecular complexity index is 282. The zero-order valence-corrected chi connectivity index (χ0v) is 10.7. The van der Waals surface area contributed by atoms with Crippen LogP contribution in [0, 0.1) is 0 Å². The first-order chi connectivity index (χ1) is 8.40. The van der Waals surface area contributed by atoms with Crippen LogP contribution in [0.15, 0.2) is 0 Å². The number of Topliss-reactive ketones (excluding diaryl/α,β-unsaturated/α-hetero) is 1. The third kappa shape index (κ3) is 3.27. The molecule has 6 nitrogen and oxygen atoms in total. The lowest BCUT2D eigenvalue weighted by Gasteiger charge is -2.40. The highest BCUT2D eigenvalue weighted by molar-refractivity contribution is 5.83. The van der Waals surface area contributed by atoms with E-state index in [1.807, 2.05) is 6.92 Å². The van der Waals surface area contributed by atoms with Crippen LogP contribution in [0.25, 0.3) is 0 Å². The summed E-state index contributed by atoms with van der Waals surface area (Å²) in [6, 6.07) is 0. The quantitative estimate of drug-likeness (QED) is 0.505. The number of aliphatic hydroxyl groups is 4. The zero-order chi connectivity index (χ0) is 13.9. The summed E-state index contributed by atoms with van der Waals surface area (Å²) in [6.07, 6.45) is -5.86. The first-order valence-corrected chi connectivity index (χ1v) is 6.30. The van der Waals surface area contributed by atoms with Crippen molar-refractivity contribution < 1.29 is 30.0 Å². The molecule has 0 aromatic carbocycles. The van der Waals surface area contributed by atoms with E-state index in [0.29, 0.717) is 6.42 Å². The molecule has 6 heteroatoms. The van der Waals surface area contributed by atoms with Gasteiger partial charge in [-0.25, -0.2) is 0 Å². The van der Waals surface area contributed by atoms with E-state index in [0.717, 1.165) is 6.42 Å². The molecule has 0 amide bonds. The molecule has 0 spiro atoms. The maximum atomic E-state index is 11.7. The molecule has 4 N–H and O–H groups in total. The number of aliphatic hydroxyl groups excluding tert-OH is 4. The van der Waals surface area contributed by atoms with Gasteiger partial charge in [0.1, 0.15) is 30.5 Å². The van der Waals surface area contributed by atoms with Crippen molar-refractivity contribution in [2.24, 2.45) is 0 Å². The van der Waals surface area contributed by atoms with E-state index in [1.54, 1.807) is 0 Å². The SMILES string of the molecule is CCCCC(=O)C(O)C1O[C@@H](C)[C@H](O)[C@@H](O)[C@H]1O. The Kier molecular flexibility index (Phi) is 5.68. The van der Waals surface area contributed by atoms with Gasteiger partial charge < -0.3 is 25.2 Å². The second-order valence-electron chi connectivity index (χ2n) is 4.79. The zero-order valence-electron chi connectivity index (χ0n) is 10.7. The lowest BCUT2D eigenvalue weighted by atomic mass is 9.90. The topological polar surface area (TPSA) is 107 Å². The number of unbranched alkanes of at least 4 members (excludes halogenated alkanes) is 1. The van der Waals surface area contributed by atoms with Crippen molar-refractivity contribution in [1.82, 2.24) is 0 Å². The minimum atomic E-state index is -1.48. The van der Waals surface area contributed by atoms with Gasteiger partial charge in [0, 0.05) is 6.42 Å². The lowest BCUT2D eigenvalue weighted by molar-refractivity contribution is -0.236. The van der Waals surface area contributed by atoms with Crippen LogP contribution >= 0.6 is 0 Å². The number of rotatable bonds is 5. The van der Waals surface area contributed by atoms with Gasteiger partial charge in [0.05, 0.1) is 6.10 Å². The van der Waals surface area contributed by atoms with E-state index in [4.69, 9.17) is 4.74 Å². The van der Waals surface area contributed by atoms with Crippen LogP contribution in [-0.2, 0) is 9.53 Å². The summed E-state index contributed by atoms with van der Waals surface area (Å²) in [5, 5.41) is 38.6. The third-order valence-corrected chi connectivity index (χ3v) is 3.31. The maximum Gasteiger partial charge on any atom is 0.164 e. The molecule has 6 atom stereocenters. The standard InChI is InChI=1S/C12H22O6/c1-3-4-5-7(13)9(15)12-11(17)10(16)8(14)6(2)18-12/h6,8-12,14-17H,3-5H2,1-2H3/t6-,8-,9?,10+,11+,12?/m0/s1. The van der Waals surface area contributed by atoms with Gasteiger partial charge in [-0.1, -0.05) is 13.3 Å². The third-order valence-electron chi connectivity index (χ3n) is 3.31. The van der Waals surface area contributed by atoms with Crippen LogP contribution in [0.3, 0.4) is 0 Å². The fourth-order valence-corrected chi connectivity index (χ4v) is 2.03. The average molecular weight is 262 g/mol. The largest absolute Gasteiger partial charge is 0.388 e. The number of hydrogen-bond acceptors (Lipinski definition) is 6. The normalized spacial score (nSPS) is 38.4. The van der Waals surface area contributed by atoms with Crippen molar-refractivity contribution >= 4 is 5.78 Å². The lowest BCUT2D eigenvalue weighted by Crippen LogP contribution is -2.61. The first-order valence-electron chi connectivity index (χ1n) is 6.30. The van der Waals surface area contributed by atoms with E-state index in [9.17, 15) is 25.2 Å². The number of carbonyl (C=O) groups excluding carboxylic acids is 1. The van der Waals surface area contributed by atoms with Gasteiger partial charge in [-0.2, -0.15) is 0 Å². The molecule has 0 saturated carbocycles. The Morgan fingerprint density at radius 1 is 1.22 bits per heavy atom. The molecule has 0 bridgehead atoms. The molecule has 1 aliphatic heterocycles. The maximum absolute atomic E-state index is 11.7. The Morgan fingerprint density at radius 3 is 2.39 bits per heavy atom. The molecule has 0 aromatic heterocycles. The van der Waals surface area contributed by atoms with Crippen molar-refractivity contribution in [3.63, 3.8) is 0 Å². The average Bonchev–Trinajstić information content (AvgIpc) is 2.36. The number of hydrogen-bond donors (Lipinski definition) is 4. The fraction of sp³-hybridized carbons (Fsp3) is 0.917. The van der Waals surface area contributed by atoms with Gasteiger partial charge in [-0.05, 0) is 13.3 Å². The van der Waals surface area contributed by atoms with Crippen molar-refractivity contribution in [1.29, 1.82) is 0 Å². The molecule has 106 valence electrons. The fourth-order valence-electron chi connectivity index (χ4n) is 2.03. The van der Waals surface area contributed by atoms with Gasteiger partial charge in [-0.3, -0.25) is 4.79 Å². The predicted molar refractivity (Wildman–Crippen MR) is 62.9 cm³/mol. The highest BCUT2D eigenvalue weighted by Gasteiger charge is 2.46. The molecular weight excluding hydrogens is 240 g/mol. The molecule has 1 rings (SSSR count). The molecule has 1 saturated heterocycles. The molecule has 0 aliphatic carbocycles. The summed E-state index contributed by atoms with van der Waals surface area (Å²) < 4.78 is 5.21. The smallest absolute Gasteiger partial charge is 0.164 e. The van der Waals surface area contributed by atoms with Crippen LogP contribution < -0.4 is 0 Å². The van der Waals surface area contributed by atoms with Crippen LogP contribution in [-0.4, -0.2) is 62.8 Å². The number of ketones is 1. The summed E-state index contributed by atoms with van der Waals surface area (Å²) in [7, 11) is 0. The molecule has 0 aromatic rings. The Morgan fingerprint density at radius 2 is 1.83 bits per heavy atom. The monoisotopic (exact) mass is 262 g/mol. The molecule has 1 heterocycles. The first kappa shape index (κ1) is 15.5. The Labute approximate surface area is 106 Å². The molecule has 2 unspecified atom stereocenters. The van der Waals surface area contributed by atoms with Crippen molar-refractivity contribution in [2.75, 3.05) is 0 Å². The number of carbonyl (C=O) groups is 1. The van der Waals surface area contributed by atoms with Gasteiger partial charge in [-0.15, -0.1) is 0 Å². The van der Waals surface area contributed by atoms with Gasteiger partial charge in [0.2, 0.25) is 0 Å². The van der Waals surface area contributed by atoms with Gasteiger partial charge in [0.15, 0.2) is 5.78 Å². The van der Waals surface area contributed by atoms with E-state index in [-0.39, 0.29) is 6.42 Å². The van der Waals surface area contributed by atoms with E-state index in [1.165, 1.54) is 6.92 Å². The predicted octanol–water partition coefficient (Wildman–Crippen LogP) is -1.02. The summed E-state index contributed by atoms with van der Waals surface area (Å²) in [6.45, 7) is 3.43. The molecule has 1 aliphatic rings. The van der Waals surface area contributed by atoms with Crippen LogP contribution in [0.2, 0.25) is 0 Å². The van der Waals surface area contributed by atoms with E-state index >= 15 is 0 Å². The minimum Gasteiger partial charge on any atom is -0.388 e. The highest BCUT2D eigenvalue weighted by atomic mass is 16.5. The second-order valence-corrected chi connectivity index (χ2v) is 4.79. The summed E-state index contributed by atoms with van der Waals surface area (Å²) in [5.41, 5.74) is 0. The van der Waals surface area contributed by atoms with Crippen LogP contribution in [0.5, 0.6) is 0 Å².